The van der Waals surface area contributed by atoms with Gasteiger partial charge in [-0.2, -0.15) is 13.2 Å². The number of phenols is 2. The standard InChI is InChI=1S/C17H16F3NO5/c1-25-26-9-11-4-7-13(15(23)14(11)22)16(24)21-8-10-2-5-12(6-3-10)17(18,19)20/h2-7,22-23H,8-9H2,1H3,(H,21,24). The Morgan fingerprint density at radius 2 is 1.73 bits per heavy atom. The van der Waals surface area contributed by atoms with Crippen molar-refractivity contribution in [3.05, 3.63) is 58.7 Å². The summed E-state index contributed by atoms with van der Waals surface area (Å²) < 4.78 is 37.5. The van der Waals surface area contributed by atoms with Crippen LogP contribution in [0.25, 0.3) is 0 Å². The number of rotatable bonds is 6. The van der Waals surface area contributed by atoms with E-state index in [1.165, 1.54) is 31.4 Å². The molecular weight excluding hydrogens is 355 g/mol. The molecular formula is C17H16F3NO5. The minimum absolute atomic E-state index is 0.0499. The Balaban J connectivity index is 2.05. The van der Waals surface area contributed by atoms with Crippen molar-refractivity contribution in [2.45, 2.75) is 19.3 Å². The summed E-state index contributed by atoms with van der Waals surface area (Å²) in [6.07, 6.45) is -4.43. The maximum Gasteiger partial charge on any atom is 0.416 e. The van der Waals surface area contributed by atoms with E-state index in [0.29, 0.717) is 5.56 Å². The van der Waals surface area contributed by atoms with Crippen LogP contribution in [0.15, 0.2) is 36.4 Å². The first-order valence-corrected chi connectivity index (χ1v) is 7.37. The lowest BCUT2D eigenvalue weighted by Gasteiger charge is -2.11. The molecule has 9 heteroatoms. The summed E-state index contributed by atoms with van der Waals surface area (Å²) in [5.41, 5.74) is -0.316. The van der Waals surface area contributed by atoms with Gasteiger partial charge in [0.1, 0.15) is 6.61 Å². The SMILES string of the molecule is COOCc1ccc(C(=O)NCc2ccc(C(F)(F)F)cc2)c(O)c1O. The number of halogens is 3. The predicted molar refractivity (Wildman–Crippen MR) is 84.2 cm³/mol. The van der Waals surface area contributed by atoms with Crippen LogP contribution < -0.4 is 5.32 Å². The first-order valence-electron chi connectivity index (χ1n) is 7.37. The van der Waals surface area contributed by atoms with Crippen molar-refractivity contribution in [3.8, 4) is 11.5 Å². The van der Waals surface area contributed by atoms with Crippen LogP contribution in [-0.4, -0.2) is 23.2 Å². The van der Waals surface area contributed by atoms with Gasteiger partial charge in [0, 0.05) is 12.1 Å². The Morgan fingerprint density at radius 3 is 2.31 bits per heavy atom. The molecule has 0 aliphatic carbocycles. The second-order valence-corrected chi connectivity index (χ2v) is 5.28. The van der Waals surface area contributed by atoms with Crippen LogP contribution in [0, 0.1) is 0 Å². The van der Waals surface area contributed by atoms with E-state index in [4.69, 9.17) is 0 Å². The zero-order valence-corrected chi connectivity index (χ0v) is 13.6. The van der Waals surface area contributed by atoms with Crippen LogP contribution in [0.1, 0.15) is 27.0 Å². The number of nitrogens with one attached hydrogen (secondary N) is 1. The van der Waals surface area contributed by atoms with Crippen LogP contribution in [0.5, 0.6) is 11.5 Å². The lowest BCUT2D eigenvalue weighted by molar-refractivity contribution is -0.282. The van der Waals surface area contributed by atoms with Gasteiger partial charge in [-0.05, 0) is 23.8 Å². The molecule has 0 aliphatic heterocycles. The Hall–Kier alpha value is -2.78. The zero-order valence-electron chi connectivity index (χ0n) is 13.6. The second kappa shape index (κ2) is 8.07. The number of alkyl halides is 3. The van der Waals surface area contributed by atoms with Crippen molar-refractivity contribution in [3.63, 3.8) is 0 Å². The Morgan fingerprint density at radius 1 is 1.08 bits per heavy atom. The molecule has 0 saturated carbocycles. The summed E-state index contributed by atoms with van der Waals surface area (Å²) in [6, 6.07) is 6.97. The predicted octanol–water partition coefficient (Wildman–Crippen LogP) is 3.12. The van der Waals surface area contributed by atoms with Gasteiger partial charge in [0.05, 0.1) is 18.2 Å². The van der Waals surface area contributed by atoms with E-state index in [1.54, 1.807) is 0 Å². The summed E-state index contributed by atoms with van der Waals surface area (Å²) in [6.45, 7) is -0.185. The molecule has 1 amide bonds. The minimum Gasteiger partial charge on any atom is -0.504 e. The molecule has 0 fully saturated rings. The lowest BCUT2D eigenvalue weighted by Crippen LogP contribution is -2.23. The van der Waals surface area contributed by atoms with Gasteiger partial charge in [-0.3, -0.25) is 4.79 Å². The van der Waals surface area contributed by atoms with Gasteiger partial charge in [-0.1, -0.05) is 18.2 Å². The number of carbonyl (C=O) groups excluding carboxylic acids is 1. The zero-order chi connectivity index (χ0) is 19.3. The van der Waals surface area contributed by atoms with E-state index in [9.17, 15) is 28.2 Å². The van der Waals surface area contributed by atoms with Crippen molar-refractivity contribution in [1.82, 2.24) is 5.32 Å². The molecule has 0 radical (unpaired) electrons. The van der Waals surface area contributed by atoms with Gasteiger partial charge in [0.15, 0.2) is 11.5 Å². The van der Waals surface area contributed by atoms with Crippen LogP contribution in [0.3, 0.4) is 0 Å². The molecule has 2 aromatic rings. The molecule has 0 saturated heterocycles. The third-order valence-corrected chi connectivity index (χ3v) is 3.55. The fraction of sp³-hybridized carbons (Fsp3) is 0.235. The van der Waals surface area contributed by atoms with E-state index in [0.717, 1.165) is 12.1 Å². The highest BCUT2D eigenvalue weighted by Gasteiger charge is 2.29. The average Bonchev–Trinajstić information content (AvgIpc) is 2.60. The fourth-order valence-corrected chi connectivity index (χ4v) is 2.13. The van der Waals surface area contributed by atoms with Crippen molar-refractivity contribution in [2.24, 2.45) is 0 Å². The van der Waals surface area contributed by atoms with Crippen LogP contribution in [-0.2, 0) is 29.1 Å². The quantitative estimate of drug-likeness (QED) is 0.413. The van der Waals surface area contributed by atoms with Crippen molar-refractivity contribution in [1.29, 1.82) is 0 Å². The molecule has 140 valence electrons. The molecule has 0 aromatic heterocycles. The van der Waals surface area contributed by atoms with E-state index >= 15 is 0 Å². The minimum atomic E-state index is -4.43. The number of benzene rings is 2. The van der Waals surface area contributed by atoms with Crippen LogP contribution in [0.4, 0.5) is 13.2 Å². The highest BCUT2D eigenvalue weighted by Crippen LogP contribution is 2.33. The van der Waals surface area contributed by atoms with Crippen molar-refractivity contribution < 1.29 is 38.0 Å². The molecule has 0 atom stereocenters. The third kappa shape index (κ3) is 4.64. The van der Waals surface area contributed by atoms with Gasteiger partial charge in [-0.25, -0.2) is 9.78 Å². The van der Waals surface area contributed by atoms with Gasteiger partial charge < -0.3 is 15.5 Å². The summed E-state index contributed by atoms with van der Waals surface area (Å²) in [7, 11) is 1.28. The maximum absolute atomic E-state index is 12.5. The normalized spacial score (nSPS) is 11.4. The summed E-state index contributed by atoms with van der Waals surface area (Å²) in [5, 5.41) is 22.3. The number of hydrogen-bond acceptors (Lipinski definition) is 5. The van der Waals surface area contributed by atoms with E-state index in [1.807, 2.05) is 0 Å². The number of aromatic hydroxyl groups is 2. The topological polar surface area (TPSA) is 88.0 Å². The van der Waals surface area contributed by atoms with Gasteiger partial charge in [0.2, 0.25) is 0 Å². The molecule has 0 unspecified atom stereocenters. The van der Waals surface area contributed by atoms with Crippen molar-refractivity contribution in [2.75, 3.05) is 7.11 Å². The largest absolute Gasteiger partial charge is 0.504 e. The van der Waals surface area contributed by atoms with Crippen molar-refractivity contribution >= 4 is 5.91 Å². The monoisotopic (exact) mass is 371 g/mol. The van der Waals surface area contributed by atoms with E-state index in [2.05, 4.69) is 15.1 Å². The second-order valence-electron chi connectivity index (χ2n) is 5.28. The molecule has 0 spiro atoms. The number of phenolic OH excluding ortho intramolecular Hbond substituents is 2. The highest BCUT2D eigenvalue weighted by molar-refractivity contribution is 5.97. The Labute approximate surface area is 146 Å². The number of hydrogen-bond donors (Lipinski definition) is 3. The molecule has 0 heterocycles. The van der Waals surface area contributed by atoms with Gasteiger partial charge in [-0.15, -0.1) is 0 Å². The first kappa shape index (κ1) is 19.5. The first-order chi connectivity index (χ1) is 12.2. The molecule has 2 aromatic carbocycles. The average molecular weight is 371 g/mol. The molecule has 0 aliphatic rings. The molecule has 6 nitrogen and oxygen atoms in total. The maximum atomic E-state index is 12.5. The summed E-state index contributed by atoms with van der Waals surface area (Å²) in [5.74, 6) is -1.85. The fourth-order valence-electron chi connectivity index (χ4n) is 2.13. The number of carbonyl (C=O) groups is 1. The molecule has 3 N–H and O–H groups in total. The Bertz CT molecular complexity index is 775. The smallest absolute Gasteiger partial charge is 0.416 e. The highest BCUT2D eigenvalue weighted by atomic mass is 19.4. The van der Waals surface area contributed by atoms with Gasteiger partial charge >= 0.3 is 6.18 Å². The third-order valence-electron chi connectivity index (χ3n) is 3.55. The van der Waals surface area contributed by atoms with E-state index in [-0.39, 0.29) is 24.3 Å². The molecule has 26 heavy (non-hydrogen) atoms. The molecule has 0 bridgehead atoms. The summed E-state index contributed by atoms with van der Waals surface area (Å²) in [4.78, 5) is 21.2. The Kier molecular flexibility index (Phi) is 6.06. The van der Waals surface area contributed by atoms with E-state index < -0.39 is 29.1 Å². The number of amides is 1. The van der Waals surface area contributed by atoms with Gasteiger partial charge in [0.25, 0.3) is 5.91 Å². The molecule has 2 rings (SSSR count). The lowest BCUT2D eigenvalue weighted by atomic mass is 10.1. The van der Waals surface area contributed by atoms with Crippen LogP contribution in [0.2, 0.25) is 0 Å². The summed E-state index contributed by atoms with van der Waals surface area (Å²) >= 11 is 0. The van der Waals surface area contributed by atoms with Crippen LogP contribution >= 0.6 is 0 Å².